The molecule has 2 fully saturated rings. The van der Waals surface area contributed by atoms with Crippen molar-refractivity contribution in [3.63, 3.8) is 0 Å². The van der Waals surface area contributed by atoms with Crippen LogP contribution in [-0.4, -0.2) is 22.6 Å². The smallest absolute Gasteiger partial charge is 0.229 e. The standard InChI is InChI=1S/C21H28N4O3.ClH/c22-14-21(10-2-1-3-11-21)12-19(26)23-16-6-8-17(9-7-16)27-13-18-24-20(28-25-18)15-4-5-15;/h6-9,15H,1-5,10-14,22H2,(H,23,26);1H. The number of benzene rings is 1. The third-order valence-electron chi connectivity index (χ3n) is 5.80. The van der Waals surface area contributed by atoms with E-state index in [4.69, 9.17) is 15.0 Å². The number of carbonyl (C=O) groups excluding carboxylic acids is 1. The van der Waals surface area contributed by atoms with Gasteiger partial charge in [-0.3, -0.25) is 4.79 Å². The fourth-order valence-electron chi connectivity index (χ4n) is 3.91. The summed E-state index contributed by atoms with van der Waals surface area (Å²) >= 11 is 0. The van der Waals surface area contributed by atoms with Crippen molar-refractivity contribution in [1.29, 1.82) is 0 Å². The highest BCUT2D eigenvalue weighted by Gasteiger charge is 2.33. The number of anilines is 1. The van der Waals surface area contributed by atoms with E-state index in [2.05, 4.69) is 15.5 Å². The van der Waals surface area contributed by atoms with E-state index in [1.807, 2.05) is 24.3 Å². The summed E-state index contributed by atoms with van der Waals surface area (Å²) in [6.45, 7) is 0.840. The van der Waals surface area contributed by atoms with Gasteiger partial charge in [0.25, 0.3) is 0 Å². The van der Waals surface area contributed by atoms with Crippen molar-refractivity contribution < 1.29 is 14.1 Å². The maximum atomic E-state index is 12.5. The third kappa shape index (κ3) is 5.70. The number of carbonyl (C=O) groups is 1. The normalized spacial score (nSPS) is 18.0. The molecule has 0 radical (unpaired) electrons. The summed E-state index contributed by atoms with van der Waals surface area (Å²) in [7, 11) is 0. The molecule has 0 saturated heterocycles. The van der Waals surface area contributed by atoms with Gasteiger partial charge in [-0.05, 0) is 61.9 Å². The first-order valence-corrected chi connectivity index (χ1v) is 10.2. The molecule has 2 aromatic rings. The van der Waals surface area contributed by atoms with Gasteiger partial charge in [0.2, 0.25) is 17.6 Å². The number of aromatic nitrogens is 2. The van der Waals surface area contributed by atoms with Crippen molar-refractivity contribution in [2.24, 2.45) is 11.1 Å². The molecule has 3 N–H and O–H groups in total. The van der Waals surface area contributed by atoms with E-state index in [-0.39, 0.29) is 30.3 Å². The highest BCUT2D eigenvalue weighted by atomic mass is 35.5. The average molecular weight is 421 g/mol. The summed E-state index contributed by atoms with van der Waals surface area (Å²) in [6, 6.07) is 7.35. The van der Waals surface area contributed by atoms with Crippen LogP contribution in [0.15, 0.2) is 28.8 Å². The number of hydrogen-bond donors (Lipinski definition) is 2. The Kier molecular flexibility index (Phi) is 7.14. The van der Waals surface area contributed by atoms with Crippen molar-refractivity contribution in [3.05, 3.63) is 36.0 Å². The monoisotopic (exact) mass is 420 g/mol. The average Bonchev–Trinajstić information content (AvgIpc) is 3.46. The minimum atomic E-state index is -0.0324. The number of nitrogens with one attached hydrogen (secondary N) is 1. The molecule has 1 heterocycles. The first-order valence-electron chi connectivity index (χ1n) is 10.2. The SMILES string of the molecule is Cl.NCC1(CC(=O)Nc2ccc(OCc3noc(C4CC4)n3)cc2)CCCCC1. The Hall–Kier alpha value is -2.12. The second-order valence-corrected chi connectivity index (χ2v) is 8.13. The molecule has 1 amide bonds. The number of nitrogens with zero attached hydrogens (tertiary/aromatic N) is 2. The van der Waals surface area contributed by atoms with E-state index >= 15 is 0 Å². The first kappa shape index (κ1) is 21.6. The Labute approximate surface area is 177 Å². The summed E-state index contributed by atoms with van der Waals surface area (Å²) in [4.78, 5) is 16.8. The zero-order chi connectivity index (χ0) is 19.4. The Morgan fingerprint density at radius 3 is 2.59 bits per heavy atom. The van der Waals surface area contributed by atoms with Gasteiger partial charge >= 0.3 is 0 Å². The number of amides is 1. The van der Waals surface area contributed by atoms with Crippen LogP contribution in [0.2, 0.25) is 0 Å². The van der Waals surface area contributed by atoms with E-state index in [0.717, 1.165) is 31.4 Å². The molecule has 8 heteroatoms. The van der Waals surface area contributed by atoms with Gasteiger partial charge in [-0.1, -0.05) is 24.4 Å². The lowest BCUT2D eigenvalue weighted by atomic mass is 9.71. The van der Waals surface area contributed by atoms with Gasteiger partial charge in [-0.25, -0.2) is 0 Å². The van der Waals surface area contributed by atoms with Crippen molar-refractivity contribution in [2.75, 3.05) is 11.9 Å². The van der Waals surface area contributed by atoms with Crippen molar-refractivity contribution in [1.82, 2.24) is 10.1 Å². The summed E-state index contributed by atoms with van der Waals surface area (Å²) < 4.78 is 10.9. The molecule has 0 atom stereocenters. The molecule has 1 aromatic carbocycles. The second kappa shape index (κ2) is 9.59. The van der Waals surface area contributed by atoms with Crippen LogP contribution in [0, 0.1) is 5.41 Å². The van der Waals surface area contributed by atoms with Crippen molar-refractivity contribution in [3.8, 4) is 5.75 Å². The van der Waals surface area contributed by atoms with E-state index < -0.39 is 0 Å². The predicted molar refractivity (Wildman–Crippen MR) is 112 cm³/mol. The molecule has 2 saturated carbocycles. The molecule has 7 nitrogen and oxygen atoms in total. The molecule has 29 heavy (non-hydrogen) atoms. The van der Waals surface area contributed by atoms with E-state index in [9.17, 15) is 4.79 Å². The zero-order valence-corrected chi connectivity index (χ0v) is 17.4. The van der Waals surface area contributed by atoms with E-state index in [1.54, 1.807) is 0 Å². The van der Waals surface area contributed by atoms with Gasteiger partial charge in [0.15, 0.2) is 6.61 Å². The number of ether oxygens (including phenoxy) is 1. The fraction of sp³-hybridized carbons (Fsp3) is 0.571. The van der Waals surface area contributed by atoms with E-state index in [0.29, 0.717) is 36.3 Å². The van der Waals surface area contributed by atoms with Gasteiger partial charge in [0.05, 0.1) is 0 Å². The van der Waals surface area contributed by atoms with Gasteiger partial charge in [0.1, 0.15) is 5.75 Å². The van der Waals surface area contributed by atoms with Crippen LogP contribution in [0.3, 0.4) is 0 Å². The Morgan fingerprint density at radius 2 is 1.93 bits per heavy atom. The Bertz CT molecular complexity index is 799. The van der Waals surface area contributed by atoms with Crippen LogP contribution in [0.5, 0.6) is 5.75 Å². The maximum absolute atomic E-state index is 12.5. The Morgan fingerprint density at radius 1 is 1.21 bits per heavy atom. The van der Waals surface area contributed by atoms with Crippen LogP contribution in [0.4, 0.5) is 5.69 Å². The highest BCUT2D eigenvalue weighted by molar-refractivity contribution is 5.91. The fourth-order valence-corrected chi connectivity index (χ4v) is 3.91. The van der Waals surface area contributed by atoms with Crippen LogP contribution >= 0.6 is 12.4 Å². The summed E-state index contributed by atoms with van der Waals surface area (Å²) in [5.41, 5.74) is 6.72. The van der Waals surface area contributed by atoms with Crippen LogP contribution in [-0.2, 0) is 11.4 Å². The minimum absolute atomic E-state index is 0. The predicted octanol–water partition coefficient (Wildman–Crippen LogP) is 4.19. The Balaban J connectivity index is 0.00000240. The second-order valence-electron chi connectivity index (χ2n) is 8.13. The van der Waals surface area contributed by atoms with E-state index in [1.165, 1.54) is 19.3 Å². The zero-order valence-electron chi connectivity index (χ0n) is 16.6. The molecule has 0 aliphatic heterocycles. The van der Waals surface area contributed by atoms with Crippen molar-refractivity contribution >= 4 is 24.0 Å². The quantitative estimate of drug-likeness (QED) is 0.663. The molecule has 0 unspecified atom stereocenters. The van der Waals surface area contributed by atoms with Crippen LogP contribution in [0.1, 0.15) is 69.0 Å². The molecule has 0 bridgehead atoms. The van der Waals surface area contributed by atoms with Crippen molar-refractivity contribution in [2.45, 2.75) is 63.9 Å². The summed E-state index contributed by atoms with van der Waals surface area (Å²) in [6.07, 6.45) is 8.41. The molecule has 1 aromatic heterocycles. The first-order chi connectivity index (χ1) is 13.7. The van der Waals surface area contributed by atoms with Gasteiger partial charge in [0, 0.05) is 18.0 Å². The highest BCUT2D eigenvalue weighted by Crippen LogP contribution is 2.39. The number of halogens is 1. The lowest BCUT2D eigenvalue weighted by Crippen LogP contribution is -2.36. The lowest BCUT2D eigenvalue weighted by molar-refractivity contribution is -0.118. The largest absolute Gasteiger partial charge is 0.485 e. The van der Waals surface area contributed by atoms with Gasteiger partial charge in [-0.15, -0.1) is 12.4 Å². The topological polar surface area (TPSA) is 103 Å². The molecular formula is C21H29ClN4O3. The third-order valence-corrected chi connectivity index (χ3v) is 5.80. The lowest BCUT2D eigenvalue weighted by Gasteiger charge is -2.35. The minimum Gasteiger partial charge on any atom is -0.485 e. The number of nitrogens with two attached hydrogens (primary N) is 1. The molecule has 158 valence electrons. The molecular weight excluding hydrogens is 392 g/mol. The molecule has 0 spiro atoms. The molecule has 2 aliphatic carbocycles. The maximum Gasteiger partial charge on any atom is 0.229 e. The van der Waals surface area contributed by atoms with Crippen LogP contribution < -0.4 is 15.8 Å². The number of rotatable bonds is 8. The number of hydrogen-bond acceptors (Lipinski definition) is 6. The molecule has 4 rings (SSSR count). The summed E-state index contributed by atoms with van der Waals surface area (Å²) in [5, 5.41) is 6.92. The molecule has 2 aliphatic rings. The van der Waals surface area contributed by atoms with Gasteiger partial charge < -0.3 is 20.3 Å². The van der Waals surface area contributed by atoms with Gasteiger partial charge in [-0.2, -0.15) is 4.98 Å². The van der Waals surface area contributed by atoms with Crippen LogP contribution in [0.25, 0.3) is 0 Å². The summed E-state index contributed by atoms with van der Waals surface area (Å²) in [5.74, 6) is 2.43.